The second kappa shape index (κ2) is 12.2. The average Bonchev–Trinajstić information content (AvgIpc) is 3.35. The quantitative estimate of drug-likeness (QED) is 0.408. The smallest absolute Gasteiger partial charge is 0.389 e. The Bertz CT molecular complexity index is 1110. The lowest BCUT2D eigenvalue weighted by Crippen LogP contribution is -2.36. The Morgan fingerprint density at radius 3 is 2.68 bits per heavy atom. The SMILES string of the molecule is Cc1ccc(NC(=O)N2CCC(CC(F)(F)F)C2)cc1-c1cc(NC[C@H](O)CO)nc(N2CCOCC2)c1. The molecule has 2 amide bonds. The maximum absolute atomic E-state index is 12.8. The lowest BCUT2D eigenvalue weighted by molar-refractivity contribution is -0.143. The highest BCUT2D eigenvalue weighted by atomic mass is 19.4. The van der Waals surface area contributed by atoms with E-state index in [0.717, 1.165) is 22.5 Å². The number of ether oxygens (including phenoxy) is 1. The first-order valence-electron chi connectivity index (χ1n) is 12.7. The largest absolute Gasteiger partial charge is 0.394 e. The van der Waals surface area contributed by atoms with Gasteiger partial charge in [-0.25, -0.2) is 9.78 Å². The summed E-state index contributed by atoms with van der Waals surface area (Å²) in [6, 6.07) is 8.84. The number of urea groups is 1. The summed E-state index contributed by atoms with van der Waals surface area (Å²) in [4.78, 5) is 21.0. The predicted molar refractivity (Wildman–Crippen MR) is 138 cm³/mol. The molecule has 0 aliphatic carbocycles. The van der Waals surface area contributed by atoms with Gasteiger partial charge in [0.25, 0.3) is 0 Å². The monoisotopic (exact) mass is 537 g/mol. The number of benzene rings is 1. The predicted octanol–water partition coefficient (Wildman–Crippen LogP) is 3.46. The number of aliphatic hydroxyl groups is 2. The zero-order chi connectivity index (χ0) is 27.3. The number of nitrogens with zero attached hydrogens (tertiary/aromatic N) is 3. The number of carbonyl (C=O) groups is 1. The molecule has 1 aromatic carbocycles. The first-order valence-corrected chi connectivity index (χ1v) is 12.7. The van der Waals surface area contributed by atoms with Gasteiger partial charge < -0.3 is 35.4 Å². The number of morpholine rings is 1. The number of rotatable bonds is 8. The minimum absolute atomic E-state index is 0.0754. The summed E-state index contributed by atoms with van der Waals surface area (Å²) in [6.07, 6.45) is -5.73. The summed E-state index contributed by atoms with van der Waals surface area (Å²) in [6.45, 7) is 4.57. The lowest BCUT2D eigenvalue weighted by Gasteiger charge is -2.29. The van der Waals surface area contributed by atoms with Gasteiger partial charge in [-0.15, -0.1) is 0 Å². The van der Waals surface area contributed by atoms with Crippen molar-refractivity contribution in [3.05, 3.63) is 35.9 Å². The van der Waals surface area contributed by atoms with Gasteiger partial charge in [-0.2, -0.15) is 13.2 Å². The number of pyridine rings is 1. The van der Waals surface area contributed by atoms with Crippen LogP contribution in [0.1, 0.15) is 18.4 Å². The summed E-state index contributed by atoms with van der Waals surface area (Å²) in [5.41, 5.74) is 3.17. The summed E-state index contributed by atoms with van der Waals surface area (Å²) in [5, 5.41) is 24.9. The van der Waals surface area contributed by atoms with Gasteiger partial charge in [-0.05, 0) is 60.2 Å². The van der Waals surface area contributed by atoms with Crippen molar-refractivity contribution >= 4 is 23.4 Å². The van der Waals surface area contributed by atoms with Crippen LogP contribution in [0, 0.1) is 12.8 Å². The average molecular weight is 538 g/mol. The van der Waals surface area contributed by atoms with Crippen LogP contribution in [0.15, 0.2) is 30.3 Å². The molecular weight excluding hydrogens is 503 g/mol. The molecule has 3 heterocycles. The second-order valence-corrected chi connectivity index (χ2v) is 9.80. The number of halogens is 3. The fraction of sp³-hybridized carbons (Fsp3) is 0.538. The summed E-state index contributed by atoms with van der Waals surface area (Å²) < 4.78 is 43.7. The van der Waals surface area contributed by atoms with E-state index < -0.39 is 30.7 Å². The van der Waals surface area contributed by atoms with Crippen molar-refractivity contribution in [3.63, 3.8) is 0 Å². The number of aliphatic hydroxyl groups excluding tert-OH is 2. The number of carbonyl (C=O) groups excluding carboxylic acids is 1. The van der Waals surface area contributed by atoms with Crippen LogP contribution >= 0.6 is 0 Å². The highest BCUT2D eigenvalue weighted by Gasteiger charge is 2.36. The number of amides is 2. The number of aromatic nitrogens is 1. The molecule has 2 aliphatic rings. The number of hydrogen-bond donors (Lipinski definition) is 4. The Morgan fingerprint density at radius 2 is 1.97 bits per heavy atom. The molecule has 208 valence electrons. The number of aryl methyl sites for hydroxylation is 1. The maximum atomic E-state index is 12.8. The Balaban J connectivity index is 1.54. The topological polar surface area (TPSA) is 110 Å². The minimum atomic E-state index is -4.24. The molecule has 1 unspecified atom stereocenters. The number of hydrogen-bond acceptors (Lipinski definition) is 7. The first-order chi connectivity index (χ1) is 18.1. The van der Waals surface area contributed by atoms with Gasteiger partial charge in [0.05, 0.1) is 25.9 Å². The number of alkyl halides is 3. The van der Waals surface area contributed by atoms with E-state index in [1.807, 2.05) is 31.2 Å². The normalized spacial score (nSPS) is 18.9. The van der Waals surface area contributed by atoms with Crippen LogP contribution in [-0.2, 0) is 4.74 Å². The molecule has 0 bridgehead atoms. The van der Waals surface area contributed by atoms with E-state index >= 15 is 0 Å². The Hall–Kier alpha value is -3.09. The van der Waals surface area contributed by atoms with E-state index in [-0.39, 0.29) is 26.2 Å². The van der Waals surface area contributed by atoms with Gasteiger partial charge in [0.2, 0.25) is 0 Å². The van der Waals surface area contributed by atoms with Crippen LogP contribution in [0.2, 0.25) is 0 Å². The molecule has 2 fully saturated rings. The zero-order valence-corrected chi connectivity index (χ0v) is 21.3. The Labute approximate surface area is 219 Å². The van der Waals surface area contributed by atoms with Crippen LogP contribution in [0.4, 0.5) is 35.3 Å². The summed E-state index contributed by atoms with van der Waals surface area (Å²) in [5.74, 6) is 0.673. The van der Waals surface area contributed by atoms with Crippen molar-refractivity contribution in [1.82, 2.24) is 9.88 Å². The molecule has 4 N–H and O–H groups in total. The van der Waals surface area contributed by atoms with E-state index in [2.05, 4.69) is 20.5 Å². The molecule has 0 radical (unpaired) electrons. The zero-order valence-electron chi connectivity index (χ0n) is 21.3. The van der Waals surface area contributed by atoms with Gasteiger partial charge in [-0.3, -0.25) is 0 Å². The third-order valence-electron chi connectivity index (χ3n) is 6.77. The van der Waals surface area contributed by atoms with Gasteiger partial charge >= 0.3 is 12.2 Å². The summed E-state index contributed by atoms with van der Waals surface area (Å²) >= 11 is 0. The minimum Gasteiger partial charge on any atom is -0.394 e. The lowest BCUT2D eigenvalue weighted by atomic mass is 10.00. The van der Waals surface area contributed by atoms with Crippen molar-refractivity contribution in [2.45, 2.75) is 32.0 Å². The molecule has 2 aromatic rings. The molecule has 2 atom stereocenters. The van der Waals surface area contributed by atoms with E-state index in [1.165, 1.54) is 4.90 Å². The fourth-order valence-electron chi connectivity index (χ4n) is 4.73. The van der Waals surface area contributed by atoms with Gasteiger partial charge in [0.15, 0.2) is 0 Å². The van der Waals surface area contributed by atoms with Crippen LogP contribution in [-0.4, -0.2) is 91.0 Å². The molecule has 38 heavy (non-hydrogen) atoms. The fourth-order valence-corrected chi connectivity index (χ4v) is 4.73. The Morgan fingerprint density at radius 1 is 1.21 bits per heavy atom. The molecule has 0 saturated carbocycles. The third kappa shape index (κ3) is 7.49. The maximum Gasteiger partial charge on any atom is 0.389 e. The van der Waals surface area contributed by atoms with Gasteiger partial charge in [0, 0.05) is 44.8 Å². The molecule has 2 aliphatic heterocycles. The van der Waals surface area contributed by atoms with E-state index in [4.69, 9.17) is 9.84 Å². The highest BCUT2D eigenvalue weighted by molar-refractivity contribution is 5.91. The number of likely N-dealkylation sites (tertiary alicyclic amines) is 1. The van der Waals surface area contributed by atoms with Crippen LogP contribution in [0.3, 0.4) is 0 Å². The van der Waals surface area contributed by atoms with Crippen molar-refractivity contribution in [2.75, 3.05) is 68.1 Å². The van der Waals surface area contributed by atoms with Gasteiger partial charge in [-0.1, -0.05) is 6.07 Å². The van der Waals surface area contributed by atoms with Crippen molar-refractivity contribution in [1.29, 1.82) is 0 Å². The molecule has 9 nitrogen and oxygen atoms in total. The Kier molecular flexibility index (Phi) is 8.95. The van der Waals surface area contributed by atoms with Gasteiger partial charge in [0.1, 0.15) is 11.6 Å². The molecule has 12 heteroatoms. The highest BCUT2D eigenvalue weighted by Crippen LogP contribution is 2.33. The number of nitrogens with one attached hydrogen (secondary N) is 2. The summed E-state index contributed by atoms with van der Waals surface area (Å²) in [7, 11) is 0. The standard InChI is InChI=1S/C26H34F3N5O4/c1-17-2-3-20(31-25(37)34-5-4-18(15-34)13-26(27,28)29)12-22(17)19-10-23(30-14-21(36)16-35)32-24(11-19)33-6-8-38-9-7-33/h2-3,10-12,18,21,35-36H,4-9,13-16H2,1H3,(H,30,32)(H,31,37)/t18?,21-/m0/s1. The van der Waals surface area contributed by atoms with Crippen LogP contribution in [0.25, 0.3) is 11.1 Å². The number of anilines is 3. The second-order valence-electron chi connectivity index (χ2n) is 9.80. The molecule has 2 saturated heterocycles. The molecule has 4 rings (SSSR count). The first kappa shape index (κ1) is 27.9. The van der Waals surface area contributed by atoms with E-state index in [0.29, 0.717) is 44.2 Å². The molecular formula is C26H34F3N5O4. The third-order valence-corrected chi connectivity index (χ3v) is 6.77. The molecule has 0 spiro atoms. The van der Waals surface area contributed by atoms with Crippen molar-refractivity contribution < 1.29 is 32.9 Å². The van der Waals surface area contributed by atoms with Crippen LogP contribution < -0.4 is 15.5 Å². The van der Waals surface area contributed by atoms with Crippen LogP contribution in [0.5, 0.6) is 0 Å². The van der Waals surface area contributed by atoms with Crippen molar-refractivity contribution in [3.8, 4) is 11.1 Å². The molecule has 1 aromatic heterocycles. The van der Waals surface area contributed by atoms with E-state index in [1.54, 1.807) is 6.07 Å². The van der Waals surface area contributed by atoms with E-state index in [9.17, 15) is 23.1 Å². The van der Waals surface area contributed by atoms with Crippen molar-refractivity contribution in [2.24, 2.45) is 5.92 Å².